The van der Waals surface area contributed by atoms with Crippen LogP contribution in [0, 0.1) is 0 Å². The number of nitrogens with one attached hydrogen (secondary N) is 1. The van der Waals surface area contributed by atoms with Crippen molar-refractivity contribution in [2.75, 3.05) is 26.2 Å². The molecule has 0 aliphatic carbocycles. The number of hydrogen-bond donors (Lipinski definition) is 3. The van der Waals surface area contributed by atoms with Gasteiger partial charge in [0.25, 0.3) is 0 Å². The van der Waals surface area contributed by atoms with E-state index in [1.165, 1.54) is 0 Å². The largest absolute Gasteiger partial charge is 1.00 e. The van der Waals surface area contributed by atoms with Crippen LogP contribution in [0.1, 0.15) is 46.5 Å². The van der Waals surface area contributed by atoms with Gasteiger partial charge >= 0.3 is 18.9 Å². The second kappa shape index (κ2) is 16.1. The molecule has 136 valence electrons. The average Bonchev–Trinajstić information content (AvgIpc) is 2.52. The molecule has 0 aromatic carbocycles. The molecular weight excluding hydrogens is 303 g/mol. The molecule has 0 rings (SSSR count). The Morgan fingerprint density at radius 1 is 1.33 bits per heavy atom. The smallest absolute Gasteiger partial charge is 0.548 e. The summed E-state index contributed by atoms with van der Waals surface area (Å²) < 4.78 is 0. The first-order valence-corrected chi connectivity index (χ1v) is 8.55. The minimum Gasteiger partial charge on any atom is -0.548 e. The van der Waals surface area contributed by atoms with Crippen molar-refractivity contribution in [1.82, 2.24) is 10.2 Å². The Balaban J connectivity index is 0. The number of hydrogen-bond acceptors (Lipinski definition) is 6. The number of allylic oxidation sites excluding steroid dienone is 1. The van der Waals surface area contributed by atoms with Gasteiger partial charge in [-0.15, -0.1) is 0 Å². The first-order valence-electron chi connectivity index (χ1n) is 8.55. The van der Waals surface area contributed by atoms with Crippen molar-refractivity contribution in [3.05, 3.63) is 12.2 Å². The monoisotopic (exact) mass is 336 g/mol. The average molecular weight is 336 g/mol. The van der Waals surface area contributed by atoms with E-state index in [0.29, 0.717) is 26.1 Å². The van der Waals surface area contributed by atoms with Crippen molar-refractivity contribution < 1.29 is 39.0 Å². The zero-order valence-corrected chi connectivity index (χ0v) is 15.7. The molecule has 0 aliphatic rings. The number of rotatable bonds is 14. The standard InChI is InChI=1S/C17H34N2O4.Li/c1-4-6-8-15(20)12-18-10-11-19(14(3)17(22)23)13-16(21)9-7-5-2;/h5,7,14-16,18,20-21H,4,6,8-13H2,1-3H3,(H,22,23);/q;+1/p-1/b7-5+;. The van der Waals surface area contributed by atoms with E-state index in [0.717, 1.165) is 19.3 Å². The van der Waals surface area contributed by atoms with Gasteiger partial charge in [0, 0.05) is 32.2 Å². The maximum atomic E-state index is 11.1. The molecule has 6 nitrogen and oxygen atoms in total. The van der Waals surface area contributed by atoms with Crippen molar-refractivity contribution in [2.45, 2.75) is 64.7 Å². The van der Waals surface area contributed by atoms with Gasteiger partial charge in [0.1, 0.15) is 0 Å². The summed E-state index contributed by atoms with van der Waals surface area (Å²) >= 11 is 0. The number of aliphatic hydroxyl groups is 2. The zero-order valence-electron chi connectivity index (χ0n) is 15.7. The van der Waals surface area contributed by atoms with Crippen LogP contribution in [0.2, 0.25) is 0 Å². The number of nitrogens with zero attached hydrogens (tertiary/aromatic N) is 1. The van der Waals surface area contributed by atoms with Gasteiger partial charge in [-0.1, -0.05) is 31.9 Å². The quantitative estimate of drug-likeness (QED) is 0.177. The summed E-state index contributed by atoms with van der Waals surface area (Å²) in [7, 11) is 0. The predicted octanol–water partition coefficient (Wildman–Crippen LogP) is -3.10. The molecule has 0 bridgehead atoms. The fourth-order valence-electron chi connectivity index (χ4n) is 2.26. The van der Waals surface area contributed by atoms with Gasteiger partial charge < -0.3 is 25.4 Å². The van der Waals surface area contributed by atoms with Crippen LogP contribution < -0.4 is 29.3 Å². The van der Waals surface area contributed by atoms with Crippen LogP contribution in [0.4, 0.5) is 0 Å². The SMILES string of the molecule is C/C=C/CC(O)CN(CCNCC(O)CCCC)C(C)C(=O)[O-].[Li+]. The topological polar surface area (TPSA) is 95.9 Å². The molecule has 3 N–H and O–H groups in total. The third kappa shape index (κ3) is 13.0. The van der Waals surface area contributed by atoms with Crippen LogP contribution in [0.15, 0.2) is 12.2 Å². The van der Waals surface area contributed by atoms with Crippen LogP contribution in [-0.4, -0.2) is 65.5 Å². The van der Waals surface area contributed by atoms with Crippen molar-refractivity contribution >= 4 is 5.97 Å². The summed E-state index contributed by atoms with van der Waals surface area (Å²) in [5.41, 5.74) is 0. The molecule has 0 fully saturated rings. The molecule has 0 aromatic rings. The van der Waals surface area contributed by atoms with Crippen molar-refractivity contribution in [2.24, 2.45) is 0 Å². The molecule has 24 heavy (non-hydrogen) atoms. The second-order valence-electron chi connectivity index (χ2n) is 5.95. The molecule has 0 spiro atoms. The van der Waals surface area contributed by atoms with Crippen molar-refractivity contribution in [3.8, 4) is 0 Å². The number of carboxylic acid groups (broad SMARTS) is 1. The van der Waals surface area contributed by atoms with Gasteiger partial charge in [-0.2, -0.15) is 0 Å². The number of carbonyl (C=O) groups is 1. The Morgan fingerprint density at radius 3 is 2.54 bits per heavy atom. The van der Waals surface area contributed by atoms with E-state index in [1.54, 1.807) is 11.8 Å². The number of carboxylic acids is 1. The van der Waals surface area contributed by atoms with Crippen LogP contribution in [0.25, 0.3) is 0 Å². The number of carbonyl (C=O) groups excluding carboxylic acids is 1. The van der Waals surface area contributed by atoms with E-state index in [1.807, 2.05) is 19.1 Å². The summed E-state index contributed by atoms with van der Waals surface area (Å²) in [4.78, 5) is 12.8. The van der Waals surface area contributed by atoms with Gasteiger partial charge in [-0.25, -0.2) is 0 Å². The number of aliphatic carboxylic acids is 1. The second-order valence-corrected chi connectivity index (χ2v) is 5.95. The molecule has 0 radical (unpaired) electrons. The van der Waals surface area contributed by atoms with Crippen LogP contribution in [-0.2, 0) is 4.79 Å². The van der Waals surface area contributed by atoms with E-state index in [-0.39, 0.29) is 31.5 Å². The Kier molecular flexibility index (Phi) is 17.4. The van der Waals surface area contributed by atoms with Crippen LogP contribution >= 0.6 is 0 Å². The Labute approximate surface area is 158 Å². The molecule has 0 saturated heterocycles. The third-order valence-corrected chi connectivity index (χ3v) is 3.82. The Hall–Kier alpha value is -0.353. The maximum absolute atomic E-state index is 11.1. The summed E-state index contributed by atoms with van der Waals surface area (Å²) in [6.45, 7) is 7.32. The predicted molar refractivity (Wildman–Crippen MR) is 89.9 cm³/mol. The molecule has 0 aromatic heterocycles. The van der Waals surface area contributed by atoms with Gasteiger partial charge in [-0.05, 0) is 26.7 Å². The molecular formula is C17H33LiN2O4. The number of aliphatic hydroxyl groups excluding tert-OH is 2. The summed E-state index contributed by atoms with van der Waals surface area (Å²) in [6.07, 6.45) is 6.04. The van der Waals surface area contributed by atoms with Crippen LogP contribution in [0.5, 0.6) is 0 Å². The molecule has 3 unspecified atom stereocenters. The fourth-order valence-corrected chi connectivity index (χ4v) is 2.26. The number of unbranched alkanes of at least 4 members (excludes halogenated alkanes) is 1. The summed E-state index contributed by atoms with van der Waals surface area (Å²) in [5, 5.41) is 33.9. The van der Waals surface area contributed by atoms with Crippen molar-refractivity contribution in [3.63, 3.8) is 0 Å². The van der Waals surface area contributed by atoms with E-state index in [2.05, 4.69) is 12.2 Å². The van der Waals surface area contributed by atoms with Crippen LogP contribution in [0.3, 0.4) is 0 Å². The molecule has 0 aliphatic heterocycles. The minimum atomic E-state index is -1.15. The third-order valence-electron chi connectivity index (χ3n) is 3.82. The summed E-state index contributed by atoms with van der Waals surface area (Å²) in [6, 6.07) is -0.762. The van der Waals surface area contributed by atoms with E-state index < -0.39 is 18.1 Å². The van der Waals surface area contributed by atoms with Gasteiger partial charge in [0.05, 0.1) is 18.2 Å². The first-order chi connectivity index (χ1) is 10.9. The Morgan fingerprint density at radius 2 is 2.00 bits per heavy atom. The normalized spacial score (nSPS) is 15.2. The molecule has 0 amide bonds. The van der Waals surface area contributed by atoms with E-state index in [4.69, 9.17) is 0 Å². The minimum absolute atomic E-state index is 0. The van der Waals surface area contributed by atoms with E-state index in [9.17, 15) is 20.1 Å². The van der Waals surface area contributed by atoms with Gasteiger partial charge in [0.2, 0.25) is 0 Å². The molecule has 7 heteroatoms. The molecule has 0 heterocycles. The molecule has 3 atom stereocenters. The van der Waals surface area contributed by atoms with Gasteiger partial charge in [0.15, 0.2) is 0 Å². The van der Waals surface area contributed by atoms with E-state index >= 15 is 0 Å². The summed E-state index contributed by atoms with van der Waals surface area (Å²) in [5.74, 6) is -1.15. The fraction of sp³-hybridized carbons (Fsp3) is 0.824. The zero-order chi connectivity index (χ0) is 17.7. The van der Waals surface area contributed by atoms with Gasteiger partial charge in [-0.3, -0.25) is 4.90 Å². The van der Waals surface area contributed by atoms with Crippen molar-refractivity contribution in [1.29, 1.82) is 0 Å². The first kappa shape index (κ1) is 25.9. The Bertz CT molecular complexity index is 343. The maximum Gasteiger partial charge on any atom is 1.00 e. The molecule has 0 saturated carbocycles.